The van der Waals surface area contributed by atoms with E-state index in [2.05, 4.69) is 33.4 Å². The molecule has 0 bridgehead atoms. The Morgan fingerprint density at radius 2 is 2.12 bits per heavy atom. The lowest BCUT2D eigenvalue weighted by Gasteiger charge is -2.19. The number of rotatable bonds is 3. The van der Waals surface area contributed by atoms with Crippen LogP contribution in [-0.4, -0.2) is 39.1 Å². The number of hydrogen-bond donors (Lipinski definition) is 1. The van der Waals surface area contributed by atoms with Gasteiger partial charge in [-0.3, -0.25) is 14.9 Å². The lowest BCUT2D eigenvalue weighted by molar-refractivity contribution is 0.0754. The minimum Gasteiger partial charge on any atom is -0.337 e. The lowest BCUT2D eigenvalue weighted by Crippen LogP contribution is -2.32. The molecule has 1 amide bonds. The molecule has 1 aliphatic heterocycles. The van der Waals surface area contributed by atoms with E-state index in [0.717, 1.165) is 44.3 Å². The normalized spacial score (nSPS) is 18.2. The molecule has 0 aliphatic carbocycles. The van der Waals surface area contributed by atoms with Gasteiger partial charge in [-0.1, -0.05) is 18.2 Å². The van der Waals surface area contributed by atoms with Gasteiger partial charge in [-0.25, -0.2) is 0 Å². The highest BCUT2D eigenvalue weighted by atomic mass is 16.2. The summed E-state index contributed by atoms with van der Waals surface area (Å²) in [5.41, 5.74) is 2.91. The monoisotopic (exact) mass is 334 g/mol. The molecule has 1 aliphatic rings. The summed E-state index contributed by atoms with van der Waals surface area (Å²) in [6.07, 6.45) is 7.89. The van der Waals surface area contributed by atoms with Gasteiger partial charge in [0.25, 0.3) is 5.91 Å². The van der Waals surface area contributed by atoms with Crippen molar-refractivity contribution < 1.29 is 4.79 Å². The summed E-state index contributed by atoms with van der Waals surface area (Å²) in [6.45, 7) is 1.63. The first-order valence-electron chi connectivity index (χ1n) is 8.92. The van der Waals surface area contributed by atoms with Crippen LogP contribution in [0.3, 0.4) is 0 Å². The van der Waals surface area contributed by atoms with Crippen molar-refractivity contribution in [2.75, 3.05) is 13.1 Å². The highest BCUT2D eigenvalue weighted by molar-refractivity contribution is 5.92. The van der Waals surface area contributed by atoms with E-state index >= 15 is 0 Å². The third-order valence-corrected chi connectivity index (χ3v) is 5.04. The predicted molar refractivity (Wildman–Crippen MR) is 97.3 cm³/mol. The fraction of sp³-hybridized carbons (Fsp3) is 0.350. The van der Waals surface area contributed by atoms with E-state index < -0.39 is 0 Å². The van der Waals surface area contributed by atoms with Gasteiger partial charge in [0.05, 0.1) is 5.52 Å². The molecule has 4 rings (SSSR count). The fourth-order valence-corrected chi connectivity index (χ4v) is 3.68. The van der Waals surface area contributed by atoms with Crippen LogP contribution in [0, 0.1) is 5.92 Å². The van der Waals surface area contributed by atoms with Crippen molar-refractivity contribution in [1.82, 2.24) is 20.1 Å². The number of likely N-dealkylation sites (tertiary alicyclic amines) is 1. The van der Waals surface area contributed by atoms with Gasteiger partial charge in [-0.05, 0) is 55.4 Å². The van der Waals surface area contributed by atoms with E-state index in [1.165, 1.54) is 10.9 Å². The minimum absolute atomic E-state index is 0.0607. The topological polar surface area (TPSA) is 61.9 Å². The van der Waals surface area contributed by atoms with Crippen molar-refractivity contribution in [3.63, 3.8) is 0 Å². The number of nitrogens with zero attached hydrogens (tertiary/aromatic N) is 3. The first-order chi connectivity index (χ1) is 12.3. The molecule has 1 unspecified atom stereocenters. The highest BCUT2D eigenvalue weighted by Gasteiger charge is 2.22. The van der Waals surface area contributed by atoms with Crippen molar-refractivity contribution in [2.24, 2.45) is 5.92 Å². The van der Waals surface area contributed by atoms with Crippen LogP contribution < -0.4 is 0 Å². The molecule has 3 heterocycles. The molecule has 0 saturated carbocycles. The zero-order valence-electron chi connectivity index (χ0n) is 14.2. The van der Waals surface area contributed by atoms with Crippen molar-refractivity contribution in [3.05, 3.63) is 60.0 Å². The summed E-state index contributed by atoms with van der Waals surface area (Å²) in [6, 6.07) is 12.2. The van der Waals surface area contributed by atoms with Gasteiger partial charge in [0, 0.05) is 30.9 Å². The number of hydrogen-bond acceptors (Lipinski definition) is 3. The molecule has 1 atom stereocenters. The number of aromatic nitrogens is 3. The third kappa shape index (κ3) is 3.55. The molecule has 1 N–H and O–H groups in total. The molecular formula is C20H22N4O. The van der Waals surface area contributed by atoms with Gasteiger partial charge in [0.2, 0.25) is 0 Å². The number of nitrogens with one attached hydrogen (secondary N) is 1. The smallest absolute Gasteiger partial charge is 0.271 e. The van der Waals surface area contributed by atoms with Crippen LogP contribution >= 0.6 is 0 Å². The van der Waals surface area contributed by atoms with Gasteiger partial charge in [0.1, 0.15) is 5.69 Å². The third-order valence-electron chi connectivity index (χ3n) is 5.04. The van der Waals surface area contributed by atoms with Crippen LogP contribution in [0.5, 0.6) is 0 Å². The van der Waals surface area contributed by atoms with Crippen molar-refractivity contribution in [2.45, 2.75) is 25.7 Å². The van der Waals surface area contributed by atoms with Gasteiger partial charge < -0.3 is 4.90 Å². The number of aromatic amines is 1. The molecular weight excluding hydrogens is 312 g/mol. The quantitative estimate of drug-likeness (QED) is 0.798. The first-order valence-corrected chi connectivity index (χ1v) is 8.92. The standard InChI is InChI=1S/C20H22N4O/c25-20(19-7-9-22-23-19)24-10-3-4-15(8-11-24)12-16-13-17-5-1-2-6-18(17)21-14-16/h1-2,5-7,9,13-15H,3-4,8,10-12H2,(H,22,23). The van der Waals surface area contributed by atoms with E-state index in [9.17, 15) is 4.79 Å². The van der Waals surface area contributed by atoms with Crippen LogP contribution in [0.1, 0.15) is 35.3 Å². The Bertz CT molecular complexity index is 859. The molecule has 2 aromatic heterocycles. The second-order valence-electron chi connectivity index (χ2n) is 6.80. The van der Waals surface area contributed by atoms with Crippen LogP contribution in [0.2, 0.25) is 0 Å². The molecule has 25 heavy (non-hydrogen) atoms. The second-order valence-corrected chi connectivity index (χ2v) is 6.80. The molecule has 1 fully saturated rings. The Labute approximate surface area is 147 Å². The zero-order chi connectivity index (χ0) is 17.1. The molecule has 0 spiro atoms. The summed E-state index contributed by atoms with van der Waals surface area (Å²) in [7, 11) is 0. The molecule has 1 saturated heterocycles. The van der Waals surface area contributed by atoms with E-state index in [1.807, 2.05) is 23.2 Å². The molecule has 5 heteroatoms. The number of H-pyrrole nitrogens is 1. The molecule has 0 radical (unpaired) electrons. The Morgan fingerprint density at radius 3 is 3.00 bits per heavy atom. The molecule has 3 aromatic rings. The summed E-state index contributed by atoms with van der Waals surface area (Å²) < 4.78 is 0. The minimum atomic E-state index is 0.0607. The number of carbonyl (C=O) groups is 1. The molecule has 5 nitrogen and oxygen atoms in total. The van der Waals surface area contributed by atoms with Gasteiger partial charge in [-0.2, -0.15) is 5.10 Å². The van der Waals surface area contributed by atoms with Crippen molar-refractivity contribution >= 4 is 16.8 Å². The van der Waals surface area contributed by atoms with Gasteiger partial charge in [-0.15, -0.1) is 0 Å². The van der Waals surface area contributed by atoms with Crippen LogP contribution in [0.15, 0.2) is 48.8 Å². The van der Waals surface area contributed by atoms with Crippen LogP contribution in [-0.2, 0) is 6.42 Å². The van der Waals surface area contributed by atoms with Crippen LogP contribution in [0.25, 0.3) is 10.9 Å². The molecule has 1 aromatic carbocycles. The maximum Gasteiger partial charge on any atom is 0.271 e. The highest BCUT2D eigenvalue weighted by Crippen LogP contribution is 2.24. The Morgan fingerprint density at radius 1 is 1.20 bits per heavy atom. The van der Waals surface area contributed by atoms with E-state index in [1.54, 1.807) is 12.3 Å². The maximum absolute atomic E-state index is 12.5. The summed E-state index contributed by atoms with van der Waals surface area (Å²) in [4.78, 5) is 19.0. The average molecular weight is 334 g/mol. The number of fused-ring (bicyclic) bond motifs is 1. The summed E-state index contributed by atoms with van der Waals surface area (Å²) in [5.74, 6) is 0.660. The number of pyridine rings is 1. The van der Waals surface area contributed by atoms with Gasteiger partial charge in [0.15, 0.2) is 0 Å². The molecule has 128 valence electrons. The largest absolute Gasteiger partial charge is 0.337 e. The lowest BCUT2D eigenvalue weighted by atomic mass is 9.93. The van der Waals surface area contributed by atoms with Crippen molar-refractivity contribution in [1.29, 1.82) is 0 Å². The average Bonchev–Trinajstić information content (AvgIpc) is 3.08. The fourth-order valence-electron chi connectivity index (χ4n) is 3.68. The SMILES string of the molecule is O=C(c1ccn[nH]1)N1CCCC(Cc2cnc3ccccc3c2)CC1. The van der Waals surface area contributed by atoms with Gasteiger partial charge >= 0.3 is 0 Å². The Kier molecular flexibility index (Phi) is 4.46. The number of benzene rings is 1. The van der Waals surface area contributed by atoms with E-state index in [4.69, 9.17) is 0 Å². The maximum atomic E-state index is 12.5. The Balaban J connectivity index is 1.41. The van der Waals surface area contributed by atoms with E-state index in [-0.39, 0.29) is 5.91 Å². The first kappa shape index (κ1) is 15.8. The van der Waals surface area contributed by atoms with Crippen LogP contribution in [0.4, 0.5) is 0 Å². The number of amides is 1. The van der Waals surface area contributed by atoms with Crippen molar-refractivity contribution in [3.8, 4) is 0 Å². The predicted octanol–water partition coefficient (Wildman–Crippen LogP) is 3.44. The second kappa shape index (κ2) is 7.05. The summed E-state index contributed by atoms with van der Waals surface area (Å²) in [5, 5.41) is 7.85. The zero-order valence-corrected chi connectivity index (χ0v) is 14.2. The Hall–Kier alpha value is -2.69. The number of carbonyl (C=O) groups excluding carboxylic acids is 1. The number of para-hydroxylation sites is 1. The summed E-state index contributed by atoms with van der Waals surface area (Å²) >= 11 is 0. The van der Waals surface area contributed by atoms with E-state index in [0.29, 0.717) is 11.6 Å².